The topological polar surface area (TPSA) is 120 Å². The number of nitrogens with zero attached hydrogens (tertiary/aromatic N) is 4. The molecule has 0 amide bonds. The zero-order valence-corrected chi connectivity index (χ0v) is 8.02. The maximum absolute atomic E-state index is 5.14. The van der Waals surface area contributed by atoms with Crippen LogP contribution in [-0.2, 0) is 0 Å². The minimum Gasteiger partial charge on any atom is -0.368 e. The summed E-state index contributed by atoms with van der Waals surface area (Å²) in [4.78, 5) is 12.5. The fourth-order valence-corrected chi connectivity index (χ4v) is 0.427. The maximum Gasteiger partial charge on any atom is 0.226 e. The molecule has 0 unspecified atom stereocenters. The van der Waals surface area contributed by atoms with Crippen molar-refractivity contribution in [3.05, 3.63) is 0 Å². The van der Waals surface area contributed by atoms with Crippen LogP contribution in [0.1, 0.15) is 0 Å². The van der Waals surface area contributed by atoms with Gasteiger partial charge in [-0.3, -0.25) is 0 Å². The largest absolute Gasteiger partial charge is 0.368 e. The van der Waals surface area contributed by atoms with Crippen molar-refractivity contribution < 1.29 is 0 Å². The summed E-state index contributed by atoms with van der Waals surface area (Å²) < 4.78 is 0. The SMILES string of the molecule is CN(C)C.Nc1nc(N)nc(N)n1. The molecule has 6 N–H and O–H groups in total. The molecule has 0 aliphatic heterocycles. The lowest BCUT2D eigenvalue weighted by atomic mass is 10.9. The van der Waals surface area contributed by atoms with Crippen LogP contribution in [0.2, 0.25) is 0 Å². The highest BCUT2D eigenvalue weighted by Gasteiger charge is 1.93. The first-order valence-electron chi connectivity index (χ1n) is 3.55. The Bertz CT molecular complexity index is 206. The van der Waals surface area contributed by atoms with E-state index in [1.54, 1.807) is 0 Å². The van der Waals surface area contributed by atoms with Crippen LogP contribution in [0.4, 0.5) is 17.8 Å². The second kappa shape index (κ2) is 5.09. The van der Waals surface area contributed by atoms with E-state index in [4.69, 9.17) is 17.2 Å². The molecule has 0 radical (unpaired) electrons. The average molecular weight is 185 g/mol. The molecule has 0 bridgehead atoms. The zero-order chi connectivity index (χ0) is 10.4. The molecule has 0 aliphatic carbocycles. The van der Waals surface area contributed by atoms with Gasteiger partial charge in [0.15, 0.2) is 0 Å². The van der Waals surface area contributed by atoms with Crippen LogP contribution < -0.4 is 17.2 Å². The van der Waals surface area contributed by atoms with Gasteiger partial charge < -0.3 is 22.1 Å². The molecule has 0 aromatic carbocycles. The van der Waals surface area contributed by atoms with Crippen LogP contribution in [0.25, 0.3) is 0 Å². The van der Waals surface area contributed by atoms with Crippen molar-refractivity contribution in [2.45, 2.75) is 0 Å². The summed E-state index contributed by atoms with van der Waals surface area (Å²) in [6, 6.07) is 0. The predicted molar refractivity (Wildman–Crippen MR) is 52.7 cm³/mol. The van der Waals surface area contributed by atoms with E-state index in [1.165, 1.54) is 0 Å². The second-order valence-corrected chi connectivity index (χ2v) is 2.75. The first-order chi connectivity index (χ1) is 5.91. The molecule has 0 saturated heterocycles. The van der Waals surface area contributed by atoms with Crippen LogP contribution in [-0.4, -0.2) is 41.0 Å². The van der Waals surface area contributed by atoms with Crippen LogP contribution in [0.5, 0.6) is 0 Å². The number of nitrogens with two attached hydrogens (primary N) is 3. The zero-order valence-electron chi connectivity index (χ0n) is 8.02. The van der Waals surface area contributed by atoms with E-state index in [0.717, 1.165) is 0 Å². The molecule has 0 aliphatic rings. The summed E-state index contributed by atoms with van der Waals surface area (Å²) in [6.07, 6.45) is 0. The first-order valence-corrected chi connectivity index (χ1v) is 3.55. The Morgan fingerprint density at radius 2 is 0.923 bits per heavy atom. The van der Waals surface area contributed by atoms with Crippen molar-refractivity contribution >= 4 is 17.8 Å². The second-order valence-electron chi connectivity index (χ2n) is 2.75. The monoisotopic (exact) mass is 185 g/mol. The standard InChI is InChI=1S/C3H6N6.C3H9N/c4-1-7-2(5)9-3(6)8-1;1-4(2)3/h(H6,4,5,6,7,8,9);1-3H3. The molecule has 0 spiro atoms. The summed E-state index contributed by atoms with van der Waals surface area (Å²) in [7, 11) is 6.00. The summed E-state index contributed by atoms with van der Waals surface area (Å²) >= 11 is 0. The fraction of sp³-hybridized carbons (Fsp3) is 0.500. The van der Waals surface area contributed by atoms with Gasteiger partial charge in [-0.25, -0.2) is 0 Å². The summed E-state index contributed by atoms with van der Waals surface area (Å²) in [5, 5.41) is 0. The molecule has 1 aromatic rings. The lowest BCUT2D eigenvalue weighted by molar-refractivity contribution is 0.505. The summed E-state index contributed by atoms with van der Waals surface area (Å²) in [5.41, 5.74) is 15.4. The van der Waals surface area contributed by atoms with Gasteiger partial charge in [-0.15, -0.1) is 0 Å². The molecule has 13 heavy (non-hydrogen) atoms. The Hall–Kier alpha value is -1.63. The van der Waals surface area contributed by atoms with Crippen LogP contribution in [0, 0.1) is 0 Å². The van der Waals surface area contributed by atoms with Crippen LogP contribution in [0.3, 0.4) is 0 Å². The lowest BCUT2D eigenvalue weighted by Crippen LogP contribution is -2.05. The number of anilines is 3. The van der Waals surface area contributed by atoms with Gasteiger partial charge in [0.25, 0.3) is 0 Å². The molecule has 0 fully saturated rings. The van der Waals surface area contributed by atoms with Gasteiger partial charge in [-0.1, -0.05) is 0 Å². The molecular weight excluding hydrogens is 170 g/mol. The minimum atomic E-state index is 0.0417. The first kappa shape index (κ1) is 11.4. The molecule has 7 nitrogen and oxygen atoms in total. The number of nitrogen functional groups attached to an aromatic ring is 3. The van der Waals surface area contributed by atoms with Gasteiger partial charge in [0, 0.05) is 0 Å². The quantitative estimate of drug-likeness (QED) is 0.464. The van der Waals surface area contributed by atoms with E-state index in [1.807, 2.05) is 26.0 Å². The Morgan fingerprint density at radius 1 is 0.769 bits per heavy atom. The highest BCUT2D eigenvalue weighted by molar-refractivity contribution is 5.33. The Kier molecular flexibility index (Phi) is 4.45. The highest BCUT2D eigenvalue weighted by atomic mass is 15.2. The Labute approximate surface area is 77.0 Å². The number of rotatable bonds is 0. The molecule has 74 valence electrons. The van der Waals surface area contributed by atoms with E-state index in [9.17, 15) is 0 Å². The normalized spacial score (nSPS) is 9.23. The molecule has 0 saturated carbocycles. The van der Waals surface area contributed by atoms with Crippen LogP contribution in [0.15, 0.2) is 0 Å². The third kappa shape index (κ3) is 6.76. The van der Waals surface area contributed by atoms with Gasteiger partial charge in [0.1, 0.15) is 0 Å². The number of aromatic nitrogens is 3. The third-order valence-corrected chi connectivity index (χ3v) is 0.687. The lowest BCUT2D eigenvalue weighted by Gasteiger charge is -1.93. The maximum atomic E-state index is 5.14. The van der Waals surface area contributed by atoms with Crippen molar-refractivity contribution in [1.82, 2.24) is 19.9 Å². The summed E-state index contributed by atoms with van der Waals surface area (Å²) in [6.45, 7) is 0. The fourth-order valence-electron chi connectivity index (χ4n) is 0.427. The van der Waals surface area contributed by atoms with Gasteiger partial charge in [0.05, 0.1) is 0 Å². The van der Waals surface area contributed by atoms with E-state index in [0.29, 0.717) is 0 Å². The molecule has 1 rings (SSSR count). The van der Waals surface area contributed by atoms with Gasteiger partial charge in [0.2, 0.25) is 17.8 Å². The molecular formula is C6H15N7. The van der Waals surface area contributed by atoms with E-state index < -0.39 is 0 Å². The molecule has 0 atom stereocenters. The number of hydrogen-bond acceptors (Lipinski definition) is 7. The smallest absolute Gasteiger partial charge is 0.226 e. The van der Waals surface area contributed by atoms with E-state index >= 15 is 0 Å². The van der Waals surface area contributed by atoms with Crippen molar-refractivity contribution in [2.75, 3.05) is 38.3 Å². The Balaban J connectivity index is 0.000000310. The third-order valence-electron chi connectivity index (χ3n) is 0.687. The van der Waals surface area contributed by atoms with Gasteiger partial charge in [-0.2, -0.15) is 15.0 Å². The van der Waals surface area contributed by atoms with Gasteiger partial charge in [-0.05, 0) is 21.1 Å². The van der Waals surface area contributed by atoms with E-state index in [-0.39, 0.29) is 17.8 Å². The van der Waals surface area contributed by atoms with Crippen molar-refractivity contribution in [3.63, 3.8) is 0 Å². The van der Waals surface area contributed by atoms with E-state index in [2.05, 4.69) is 15.0 Å². The number of hydrogen-bond donors (Lipinski definition) is 3. The average Bonchev–Trinajstić information content (AvgIpc) is 1.80. The predicted octanol–water partition coefficient (Wildman–Crippen LogP) is -1.20. The summed E-state index contributed by atoms with van der Waals surface area (Å²) in [5.74, 6) is 0.125. The van der Waals surface area contributed by atoms with Crippen LogP contribution >= 0.6 is 0 Å². The highest BCUT2D eigenvalue weighted by Crippen LogP contribution is 1.97. The van der Waals surface area contributed by atoms with Gasteiger partial charge >= 0.3 is 0 Å². The van der Waals surface area contributed by atoms with Crippen molar-refractivity contribution in [3.8, 4) is 0 Å². The minimum absolute atomic E-state index is 0.0417. The Morgan fingerprint density at radius 3 is 1.08 bits per heavy atom. The molecule has 1 aromatic heterocycles. The van der Waals surface area contributed by atoms with Crippen molar-refractivity contribution in [1.29, 1.82) is 0 Å². The molecule has 1 heterocycles. The molecule has 7 heteroatoms. The van der Waals surface area contributed by atoms with Crippen molar-refractivity contribution in [2.24, 2.45) is 0 Å².